The highest BCUT2D eigenvalue weighted by Gasteiger charge is 2.12. The minimum Gasteiger partial charge on any atom is -0.326 e. The van der Waals surface area contributed by atoms with Gasteiger partial charge < -0.3 is 10.6 Å². The average molecular weight is 359 g/mol. The summed E-state index contributed by atoms with van der Waals surface area (Å²) in [4.78, 5) is 34.3. The Morgan fingerprint density at radius 2 is 1.72 bits per heavy atom. The summed E-state index contributed by atoms with van der Waals surface area (Å²) in [6, 6.07) is 11.7. The van der Waals surface area contributed by atoms with Crippen LogP contribution in [-0.2, 0) is 9.59 Å². The van der Waals surface area contributed by atoms with Gasteiger partial charge in [0.15, 0.2) is 0 Å². The summed E-state index contributed by atoms with van der Waals surface area (Å²) in [7, 11) is 0. The molecule has 0 aromatic heterocycles. The molecule has 25 heavy (non-hydrogen) atoms. The predicted molar refractivity (Wildman–Crippen MR) is 97.9 cm³/mol. The molecule has 2 amide bonds. The van der Waals surface area contributed by atoms with E-state index in [4.69, 9.17) is 0 Å². The van der Waals surface area contributed by atoms with Crippen LogP contribution in [0.1, 0.15) is 12.5 Å². The number of rotatable bonds is 6. The van der Waals surface area contributed by atoms with Crippen molar-refractivity contribution in [3.63, 3.8) is 0 Å². The Morgan fingerprint density at radius 1 is 1.08 bits per heavy atom. The van der Waals surface area contributed by atoms with Crippen LogP contribution in [0, 0.1) is 17.0 Å². The third kappa shape index (κ3) is 5.61. The summed E-state index contributed by atoms with van der Waals surface area (Å²) in [6.45, 7) is 3.08. The second-order valence-electron chi connectivity index (χ2n) is 5.30. The van der Waals surface area contributed by atoms with E-state index < -0.39 is 4.92 Å². The van der Waals surface area contributed by atoms with Crippen LogP contribution in [0.5, 0.6) is 0 Å². The van der Waals surface area contributed by atoms with Crippen molar-refractivity contribution < 1.29 is 14.5 Å². The number of benzene rings is 2. The van der Waals surface area contributed by atoms with Crippen molar-refractivity contribution >= 4 is 40.6 Å². The second-order valence-corrected chi connectivity index (χ2v) is 6.35. The minimum absolute atomic E-state index is 0.0287. The lowest BCUT2D eigenvalue weighted by Gasteiger charge is -2.07. The predicted octanol–water partition coefficient (Wildman–Crippen LogP) is 3.59. The molecule has 2 N–H and O–H groups in total. The number of nitro groups is 1. The molecule has 0 aliphatic rings. The zero-order valence-corrected chi connectivity index (χ0v) is 14.6. The Balaban J connectivity index is 1.91. The first kappa shape index (κ1) is 18.5. The fraction of sp³-hybridized carbons (Fsp3) is 0.176. The normalized spacial score (nSPS) is 10.2. The molecule has 0 aliphatic carbocycles. The van der Waals surface area contributed by atoms with Gasteiger partial charge in [0, 0.05) is 34.8 Å². The van der Waals surface area contributed by atoms with Gasteiger partial charge in [0.1, 0.15) is 0 Å². The number of hydrogen-bond donors (Lipinski definition) is 2. The van der Waals surface area contributed by atoms with Crippen LogP contribution in [0.4, 0.5) is 17.1 Å². The molecule has 7 nitrogen and oxygen atoms in total. The number of amides is 2. The lowest BCUT2D eigenvalue weighted by atomic mass is 10.2. The van der Waals surface area contributed by atoms with Crippen LogP contribution in [0.15, 0.2) is 47.4 Å². The van der Waals surface area contributed by atoms with Gasteiger partial charge >= 0.3 is 0 Å². The van der Waals surface area contributed by atoms with E-state index in [9.17, 15) is 19.7 Å². The van der Waals surface area contributed by atoms with Crippen molar-refractivity contribution in [2.75, 3.05) is 16.4 Å². The highest BCUT2D eigenvalue weighted by molar-refractivity contribution is 8.00. The zero-order chi connectivity index (χ0) is 18.4. The number of nitrogens with one attached hydrogen (secondary N) is 2. The van der Waals surface area contributed by atoms with E-state index in [0.29, 0.717) is 16.9 Å². The number of thioether (sulfide) groups is 1. The fourth-order valence-electron chi connectivity index (χ4n) is 2.07. The smallest absolute Gasteiger partial charge is 0.274 e. The summed E-state index contributed by atoms with van der Waals surface area (Å²) >= 11 is 1.33. The monoisotopic (exact) mass is 359 g/mol. The van der Waals surface area contributed by atoms with Crippen LogP contribution in [0.3, 0.4) is 0 Å². The first-order valence-electron chi connectivity index (χ1n) is 7.40. The van der Waals surface area contributed by atoms with Crippen LogP contribution in [0.25, 0.3) is 0 Å². The molecule has 0 fully saturated rings. The maximum Gasteiger partial charge on any atom is 0.274 e. The Hall–Kier alpha value is -2.87. The first-order valence-corrected chi connectivity index (χ1v) is 8.39. The van der Waals surface area contributed by atoms with E-state index >= 15 is 0 Å². The molecule has 2 aromatic carbocycles. The topological polar surface area (TPSA) is 101 Å². The standard InChI is InChI=1S/C17H17N3O4S/c1-11-3-4-14(9-16(11)20(23)24)19-17(22)10-25-15-7-5-13(6-8-15)18-12(2)21/h3-9H,10H2,1-2H3,(H,18,21)(H,19,22). The molecule has 2 rings (SSSR count). The van der Waals surface area contributed by atoms with Crippen molar-refractivity contribution in [1.82, 2.24) is 0 Å². The molecule has 0 bridgehead atoms. The molecule has 130 valence electrons. The molecule has 8 heteroatoms. The highest BCUT2D eigenvalue weighted by Crippen LogP contribution is 2.23. The summed E-state index contributed by atoms with van der Waals surface area (Å²) < 4.78 is 0. The Kier molecular flexibility index (Phi) is 6.13. The molecule has 0 spiro atoms. The van der Waals surface area contributed by atoms with Crippen LogP contribution in [0.2, 0.25) is 0 Å². The molecular weight excluding hydrogens is 342 g/mol. The van der Waals surface area contributed by atoms with Gasteiger partial charge in [0.2, 0.25) is 11.8 Å². The first-order chi connectivity index (χ1) is 11.8. The Labute approximate surface area is 149 Å². The van der Waals surface area contributed by atoms with Crippen LogP contribution >= 0.6 is 11.8 Å². The van der Waals surface area contributed by atoms with Gasteiger partial charge in [-0.2, -0.15) is 0 Å². The molecule has 0 atom stereocenters. The summed E-state index contributed by atoms with van der Waals surface area (Å²) in [5.41, 5.74) is 1.59. The maximum atomic E-state index is 12.0. The van der Waals surface area contributed by atoms with E-state index in [2.05, 4.69) is 10.6 Å². The van der Waals surface area contributed by atoms with Crippen LogP contribution in [-0.4, -0.2) is 22.5 Å². The molecule has 0 heterocycles. The van der Waals surface area contributed by atoms with Gasteiger partial charge in [-0.25, -0.2) is 0 Å². The quantitative estimate of drug-likeness (QED) is 0.466. The number of carbonyl (C=O) groups is 2. The highest BCUT2D eigenvalue weighted by atomic mass is 32.2. The maximum absolute atomic E-state index is 12.0. The van der Waals surface area contributed by atoms with Crippen LogP contribution < -0.4 is 10.6 Å². The molecule has 0 saturated heterocycles. The van der Waals surface area contributed by atoms with Gasteiger partial charge in [-0.05, 0) is 37.3 Å². The van der Waals surface area contributed by atoms with E-state index in [0.717, 1.165) is 4.90 Å². The number of nitrogens with zero attached hydrogens (tertiary/aromatic N) is 1. The Morgan fingerprint density at radius 3 is 2.32 bits per heavy atom. The zero-order valence-electron chi connectivity index (χ0n) is 13.7. The van der Waals surface area contributed by atoms with E-state index in [1.54, 1.807) is 43.3 Å². The SMILES string of the molecule is CC(=O)Nc1ccc(SCC(=O)Nc2ccc(C)c([N+](=O)[O-])c2)cc1. The molecular formula is C17H17N3O4S. The summed E-state index contributed by atoms with van der Waals surface area (Å²) in [5.74, 6) is -0.234. The average Bonchev–Trinajstić information content (AvgIpc) is 2.55. The number of anilines is 2. The minimum atomic E-state index is -0.476. The molecule has 0 aliphatic heterocycles. The van der Waals surface area contributed by atoms with Crippen molar-refractivity contribution in [3.05, 3.63) is 58.1 Å². The molecule has 2 aromatic rings. The molecule has 0 radical (unpaired) electrons. The van der Waals surface area contributed by atoms with Gasteiger partial charge in [0.25, 0.3) is 5.69 Å². The van der Waals surface area contributed by atoms with Gasteiger partial charge in [-0.15, -0.1) is 11.8 Å². The lowest BCUT2D eigenvalue weighted by molar-refractivity contribution is -0.385. The van der Waals surface area contributed by atoms with Gasteiger partial charge in [-0.3, -0.25) is 19.7 Å². The van der Waals surface area contributed by atoms with Crippen molar-refractivity contribution in [3.8, 4) is 0 Å². The summed E-state index contributed by atoms with van der Waals surface area (Å²) in [5, 5.41) is 16.2. The number of nitro benzene ring substituents is 1. The summed E-state index contributed by atoms with van der Waals surface area (Å²) in [6.07, 6.45) is 0. The second kappa shape index (κ2) is 8.29. The van der Waals surface area contributed by atoms with E-state index in [1.807, 2.05) is 0 Å². The number of hydrogen-bond acceptors (Lipinski definition) is 5. The Bertz CT molecular complexity index is 806. The molecule has 0 unspecified atom stereocenters. The number of aryl methyl sites for hydroxylation is 1. The van der Waals surface area contributed by atoms with Crippen molar-refractivity contribution in [2.24, 2.45) is 0 Å². The lowest BCUT2D eigenvalue weighted by Crippen LogP contribution is -2.14. The molecule has 0 saturated carbocycles. The number of carbonyl (C=O) groups excluding carboxylic acids is 2. The van der Waals surface area contributed by atoms with Crippen molar-refractivity contribution in [2.45, 2.75) is 18.7 Å². The fourth-order valence-corrected chi connectivity index (χ4v) is 2.77. The third-order valence-electron chi connectivity index (χ3n) is 3.23. The largest absolute Gasteiger partial charge is 0.326 e. The third-order valence-corrected chi connectivity index (χ3v) is 4.25. The van der Waals surface area contributed by atoms with Gasteiger partial charge in [-0.1, -0.05) is 6.07 Å². The van der Waals surface area contributed by atoms with Gasteiger partial charge in [0.05, 0.1) is 10.7 Å². The van der Waals surface area contributed by atoms with E-state index in [-0.39, 0.29) is 23.3 Å². The van der Waals surface area contributed by atoms with E-state index in [1.165, 1.54) is 24.8 Å². The van der Waals surface area contributed by atoms with Crippen molar-refractivity contribution in [1.29, 1.82) is 0 Å².